The lowest BCUT2D eigenvalue weighted by Crippen LogP contribution is -2.36. The lowest BCUT2D eigenvalue weighted by Gasteiger charge is -2.26. The summed E-state index contributed by atoms with van der Waals surface area (Å²) in [4.78, 5) is 38.7. The highest BCUT2D eigenvalue weighted by atomic mass is 16.3. The van der Waals surface area contributed by atoms with E-state index in [0.717, 1.165) is 22.3 Å². The molecule has 0 aliphatic carbocycles. The van der Waals surface area contributed by atoms with Crippen LogP contribution in [-0.2, 0) is 0 Å². The molecule has 0 bridgehead atoms. The summed E-state index contributed by atoms with van der Waals surface area (Å²) in [5.41, 5.74) is 6.78. The van der Waals surface area contributed by atoms with Crippen LogP contribution >= 0.6 is 0 Å². The summed E-state index contributed by atoms with van der Waals surface area (Å²) in [6.07, 6.45) is 7.45. The van der Waals surface area contributed by atoms with E-state index < -0.39 is 11.1 Å². The number of aromatic amines is 2. The largest absolute Gasteiger partial charge is 0.493 e. The van der Waals surface area contributed by atoms with Gasteiger partial charge in [-0.2, -0.15) is 10.2 Å². The Morgan fingerprint density at radius 1 is 0.560 bits per heavy atom. The molecular weight excluding hydrogens is 636 g/mol. The normalized spacial score (nSPS) is 14.4. The van der Waals surface area contributed by atoms with Crippen LogP contribution in [0.3, 0.4) is 0 Å². The van der Waals surface area contributed by atoms with Gasteiger partial charge in [-0.3, -0.25) is 19.6 Å². The monoisotopic (exact) mass is 676 g/mol. The van der Waals surface area contributed by atoms with Crippen molar-refractivity contribution in [3.05, 3.63) is 115 Å². The molecule has 6 rings (SSSR count). The average molecular weight is 677 g/mol. The van der Waals surface area contributed by atoms with Crippen LogP contribution in [0.4, 0.5) is 34.1 Å². The molecule has 4 aromatic rings. The fourth-order valence-electron chi connectivity index (χ4n) is 6.31. The second-order valence-corrected chi connectivity index (χ2v) is 12.8. The summed E-state index contributed by atoms with van der Waals surface area (Å²) >= 11 is 0. The lowest BCUT2D eigenvalue weighted by atomic mass is 10.1. The number of hydrogen-bond acceptors (Lipinski definition) is 12. The highest BCUT2D eigenvalue weighted by molar-refractivity contribution is 5.69. The fraction of sp³-hybridized carbons (Fsp3) is 0.278. The van der Waals surface area contributed by atoms with Crippen molar-refractivity contribution >= 4 is 34.1 Å². The minimum absolute atomic E-state index is 0.197. The van der Waals surface area contributed by atoms with Crippen molar-refractivity contribution < 1.29 is 10.2 Å². The number of nitrogens with zero attached hydrogens (tertiary/aromatic N) is 8. The average Bonchev–Trinajstić information content (AvgIpc) is 3.68. The third kappa shape index (κ3) is 7.14. The summed E-state index contributed by atoms with van der Waals surface area (Å²) < 4.78 is 0. The number of benzene rings is 2. The molecule has 14 heteroatoms. The molecule has 0 spiro atoms. The molecule has 0 saturated heterocycles. The Bertz CT molecular complexity index is 2000. The summed E-state index contributed by atoms with van der Waals surface area (Å²) in [6.45, 7) is 13.5. The molecule has 4 heterocycles. The summed E-state index contributed by atoms with van der Waals surface area (Å²) in [5, 5.41) is 38.3. The van der Waals surface area contributed by atoms with Crippen LogP contribution in [0.5, 0.6) is 11.8 Å². The number of aromatic hydroxyl groups is 2. The number of hydrogen-bond donors (Lipinski definition) is 4. The summed E-state index contributed by atoms with van der Waals surface area (Å²) in [5.74, 6) is -0.678. The lowest BCUT2D eigenvalue weighted by molar-refractivity contribution is 0.322. The maximum absolute atomic E-state index is 13.0. The smallest absolute Gasteiger partial charge is 0.275 e. The maximum atomic E-state index is 13.0. The van der Waals surface area contributed by atoms with Crippen molar-refractivity contribution in [2.45, 2.75) is 41.5 Å². The zero-order valence-corrected chi connectivity index (χ0v) is 28.9. The van der Waals surface area contributed by atoms with Crippen molar-refractivity contribution in [1.82, 2.24) is 19.8 Å². The van der Waals surface area contributed by atoms with E-state index in [1.165, 1.54) is 0 Å². The van der Waals surface area contributed by atoms with Gasteiger partial charge in [-0.05, 0) is 88.1 Å². The first-order valence-corrected chi connectivity index (χ1v) is 16.2. The van der Waals surface area contributed by atoms with Crippen molar-refractivity contribution in [2.24, 2.45) is 20.5 Å². The van der Waals surface area contributed by atoms with E-state index >= 15 is 0 Å². The second-order valence-electron chi connectivity index (χ2n) is 12.8. The van der Waals surface area contributed by atoms with Gasteiger partial charge in [0.25, 0.3) is 11.1 Å². The third-order valence-electron chi connectivity index (χ3n) is 8.54. The van der Waals surface area contributed by atoms with E-state index in [1.54, 1.807) is 13.8 Å². The van der Waals surface area contributed by atoms with Crippen LogP contribution in [0.25, 0.3) is 0 Å². The molecule has 0 fully saturated rings. The predicted octanol–water partition coefficient (Wildman–Crippen LogP) is 6.96. The van der Waals surface area contributed by atoms with Crippen LogP contribution in [-0.4, -0.2) is 56.4 Å². The van der Waals surface area contributed by atoms with Gasteiger partial charge in [0.1, 0.15) is 11.4 Å². The van der Waals surface area contributed by atoms with Gasteiger partial charge in [-0.25, -0.2) is 0 Å². The van der Waals surface area contributed by atoms with E-state index in [9.17, 15) is 19.8 Å². The Balaban J connectivity index is 1.10. The minimum Gasteiger partial charge on any atom is -0.493 e. The Morgan fingerprint density at radius 3 is 1.28 bits per heavy atom. The molecule has 2 aliphatic rings. The predicted molar refractivity (Wildman–Crippen MR) is 193 cm³/mol. The maximum Gasteiger partial charge on any atom is 0.275 e. The Labute approximate surface area is 289 Å². The first kappa shape index (κ1) is 33.7. The summed E-state index contributed by atoms with van der Waals surface area (Å²) in [7, 11) is 0. The molecule has 2 aliphatic heterocycles. The van der Waals surface area contributed by atoms with E-state index in [0.29, 0.717) is 60.3 Å². The molecular formula is C36H40N10O4. The number of nitrogens with one attached hydrogen (secondary N) is 2. The van der Waals surface area contributed by atoms with Gasteiger partial charge < -0.3 is 29.8 Å². The number of H-pyrrole nitrogens is 2. The van der Waals surface area contributed by atoms with Crippen LogP contribution < -0.4 is 20.9 Å². The Morgan fingerprint density at radius 2 is 0.920 bits per heavy atom. The summed E-state index contributed by atoms with van der Waals surface area (Å²) in [6, 6.07) is 11.7. The molecule has 2 aromatic carbocycles. The Hall–Kier alpha value is -6.18. The van der Waals surface area contributed by atoms with E-state index in [-0.39, 0.29) is 23.1 Å². The second kappa shape index (κ2) is 13.7. The molecule has 0 unspecified atom stereocenters. The third-order valence-corrected chi connectivity index (χ3v) is 8.54. The molecule has 0 saturated carbocycles. The van der Waals surface area contributed by atoms with E-state index in [2.05, 4.69) is 40.2 Å². The molecule has 4 N–H and O–H groups in total. The quantitative estimate of drug-likeness (QED) is 0.138. The first-order chi connectivity index (χ1) is 23.9. The van der Waals surface area contributed by atoms with Crippen molar-refractivity contribution in [1.29, 1.82) is 0 Å². The van der Waals surface area contributed by atoms with Crippen molar-refractivity contribution in [3.63, 3.8) is 0 Å². The first-order valence-electron chi connectivity index (χ1n) is 16.2. The fourth-order valence-corrected chi connectivity index (χ4v) is 6.31. The van der Waals surface area contributed by atoms with Gasteiger partial charge in [0, 0.05) is 49.0 Å². The number of aryl methyl sites for hydroxylation is 4. The van der Waals surface area contributed by atoms with Crippen molar-refractivity contribution in [2.75, 3.05) is 36.2 Å². The van der Waals surface area contributed by atoms with Crippen LogP contribution in [0.15, 0.2) is 91.2 Å². The number of aromatic nitrogens is 2. The molecule has 0 amide bonds. The Kier molecular flexibility index (Phi) is 9.27. The van der Waals surface area contributed by atoms with Gasteiger partial charge in [-0.15, -0.1) is 10.2 Å². The standard InChI is InChI=1S/C36H40N10O4/c1-21-13-22(2)16-27(15-21)39-41-29-25(5)31(35(49)37-33(29)47)45-11-9-43(19-45)7-8-44-10-12-46(20-44)32-26(6)30(34(48)38-36(32)50)42-40-28-17-23(3)14-24(4)18-28/h9-18H,7-8,19-20H2,1-6H3,(H2,37,47,49)(H2,38,48,50). The zero-order chi connectivity index (χ0) is 35.7. The van der Waals surface area contributed by atoms with Gasteiger partial charge >= 0.3 is 0 Å². The van der Waals surface area contributed by atoms with Gasteiger partial charge in [0.05, 0.1) is 24.7 Å². The van der Waals surface area contributed by atoms with E-state index in [4.69, 9.17) is 0 Å². The molecule has 258 valence electrons. The van der Waals surface area contributed by atoms with Crippen LogP contribution in [0.1, 0.15) is 33.4 Å². The number of rotatable bonds is 9. The highest BCUT2D eigenvalue weighted by Gasteiger charge is 2.25. The van der Waals surface area contributed by atoms with Crippen molar-refractivity contribution in [3.8, 4) is 11.8 Å². The molecule has 0 radical (unpaired) electrons. The molecule has 0 atom stereocenters. The molecule has 14 nitrogen and oxygen atoms in total. The SMILES string of the molecule is Cc1cc(C)cc(N=Nc2c(O)[nH]c(=O)c(N3C=CN(CCN4C=CN(c5c(C)c(N=Nc6cc(C)cc(C)c6)c(O)[nH]c5=O)C4)C3)c2C)c1. The number of pyridine rings is 2. The molecule has 50 heavy (non-hydrogen) atoms. The van der Waals surface area contributed by atoms with Gasteiger partial charge in [0.15, 0.2) is 11.4 Å². The van der Waals surface area contributed by atoms with E-state index in [1.807, 2.05) is 98.7 Å². The number of azo groups is 2. The zero-order valence-electron chi connectivity index (χ0n) is 28.9. The van der Waals surface area contributed by atoms with Crippen LogP contribution in [0, 0.1) is 41.5 Å². The molecule has 2 aromatic heterocycles. The van der Waals surface area contributed by atoms with Crippen LogP contribution in [0.2, 0.25) is 0 Å². The minimum atomic E-state index is -0.433. The number of anilines is 2. The van der Waals surface area contributed by atoms with Gasteiger partial charge in [0.2, 0.25) is 11.8 Å². The van der Waals surface area contributed by atoms with Gasteiger partial charge in [-0.1, -0.05) is 12.1 Å². The highest BCUT2D eigenvalue weighted by Crippen LogP contribution is 2.36. The topological polar surface area (TPSA) is 169 Å².